The molecular formula is C22H21N3O7. The van der Waals surface area contributed by atoms with Crippen molar-refractivity contribution < 1.29 is 28.7 Å². The van der Waals surface area contributed by atoms with Gasteiger partial charge < -0.3 is 14.2 Å². The van der Waals surface area contributed by atoms with Crippen LogP contribution >= 0.6 is 0 Å². The minimum atomic E-state index is -0.930. The molecule has 1 heterocycles. The number of amidine groups is 1. The second-order valence-electron chi connectivity index (χ2n) is 6.89. The Balaban J connectivity index is 2.05. The number of hydrogen-bond acceptors (Lipinski definition) is 8. The van der Waals surface area contributed by atoms with Crippen LogP contribution in [-0.4, -0.2) is 42.1 Å². The van der Waals surface area contributed by atoms with E-state index in [4.69, 9.17) is 14.2 Å². The van der Waals surface area contributed by atoms with Crippen LogP contribution in [-0.2, 0) is 14.3 Å². The summed E-state index contributed by atoms with van der Waals surface area (Å²) in [5.74, 6) is -0.579. The average Bonchev–Trinajstić information content (AvgIpc) is 2.78. The van der Waals surface area contributed by atoms with Gasteiger partial charge in [0.2, 0.25) is 0 Å². The molecule has 0 fully saturated rings. The maximum absolute atomic E-state index is 13.2. The number of aryl methyl sites for hydroxylation is 1. The number of carbonyl (C=O) groups excluding carboxylic acids is 2. The summed E-state index contributed by atoms with van der Waals surface area (Å²) in [5.41, 5.74) is 1.94. The molecule has 3 rings (SSSR count). The van der Waals surface area contributed by atoms with Crippen LogP contribution in [0, 0.1) is 17.0 Å². The van der Waals surface area contributed by atoms with Crippen molar-refractivity contribution in [3.8, 4) is 5.75 Å². The summed E-state index contributed by atoms with van der Waals surface area (Å²) in [4.78, 5) is 41.5. The highest BCUT2D eigenvalue weighted by Crippen LogP contribution is 2.36. The van der Waals surface area contributed by atoms with Gasteiger partial charge in [-0.1, -0.05) is 29.8 Å². The van der Waals surface area contributed by atoms with Crippen molar-refractivity contribution in [2.75, 3.05) is 14.2 Å². The largest absolute Gasteiger partial charge is 0.468 e. The number of non-ortho nitro benzene ring substituents is 1. The third-order valence-corrected chi connectivity index (χ3v) is 4.82. The number of allylic oxidation sites excluding steroid dienone is 1. The first-order valence-electron chi connectivity index (χ1n) is 9.50. The third kappa shape index (κ3) is 4.43. The lowest BCUT2D eigenvalue weighted by molar-refractivity contribution is -0.384. The fourth-order valence-electron chi connectivity index (χ4n) is 3.24. The van der Waals surface area contributed by atoms with E-state index in [1.807, 2.05) is 19.1 Å². The number of amides is 1. The minimum absolute atomic E-state index is 0.0737. The highest BCUT2D eigenvalue weighted by Gasteiger charge is 2.41. The molecule has 32 heavy (non-hydrogen) atoms. The highest BCUT2D eigenvalue weighted by atomic mass is 16.6. The highest BCUT2D eigenvalue weighted by molar-refractivity contribution is 5.99. The van der Waals surface area contributed by atoms with Gasteiger partial charge in [-0.15, -0.1) is 0 Å². The van der Waals surface area contributed by atoms with E-state index < -0.39 is 23.0 Å². The van der Waals surface area contributed by atoms with Crippen molar-refractivity contribution in [1.82, 2.24) is 4.90 Å². The van der Waals surface area contributed by atoms with E-state index in [9.17, 15) is 19.7 Å². The number of esters is 1. The van der Waals surface area contributed by atoms with E-state index in [1.165, 1.54) is 38.5 Å². The lowest BCUT2D eigenvalue weighted by Crippen LogP contribution is -2.46. The Bertz CT molecular complexity index is 1110. The predicted molar refractivity (Wildman–Crippen MR) is 114 cm³/mol. The van der Waals surface area contributed by atoms with Crippen molar-refractivity contribution in [3.63, 3.8) is 0 Å². The van der Waals surface area contributed by atoms with E-state index in [0.29, 0.717) is 11.3 Å². The zero-order valence-electron chi connectivity index (χ0n) is 17.9. The molecule has 0 saturated heterocycles. The molecular weight excluding hydrogens is 418 g/mol. The zero-order valence-corrected chi connectivity index (χ0v) is 17.9. The van der Waals surface area contributed by atoms with E-state index in [2.05, 4.69) is 4.99 Å². The number of nitro groups is 1. The van der Waals surface area contributed by atoms with Crippen LogP contribution < -0.4 is 4.74 Å². The molecule has 0 aliphatic carbocycles. The standard InChI is InChI=1S/C22H21N3O7/c1-13-5-7-15(8-6-13)19-18(20(26)30-3)14(2)23-21(31-4)24(19)22(27)32-17-11-9-16(10-12-17)25(28)29/h5-12,19H,1-4H3. The van der Waals surface area contributed by atoms with Gasteiger partial charge in [-0.3, -0.25) is 10.1 Å². The zero-order chi connectivity index (χ0) is 23.4. The average molecular weight is 439 g/mol. The van der Waals surface area contributed by atoms with Crippen LogP contribution in [0.3, 0.4) is 0 Å². The van der Waals surface area contributed by atoms with Crippen molar-refractivity contribution in [2.45, 2.75) is 19.9 Å². The van der Waals surface area contributed by atoms with E-state index in [-0.39, 0.29) is 23.0 Å². The predicted octanol–water partition coefficient (Wildman–Crippen LogP) is 3.91. The number of methoxy groups -OCH3 is 2. The van der Waals surface area contributed by atoms with Gasteiger partial charge in [0.25, 0.3) is 5.69 Å². The second kappa shape index (κ2) is 9.29. The van der Waals surface area contributed by atoms with Crippen LogP contribution in [0.15, 0.2) is 64.8 Å². The molecule has 1 aliphatic heterocycles. The molecule has 10 heteroatoms. The molecule has 0 radical (unpaired) electrons. The first-order chi connectivity index (χ1) is 15.3. The van der Waals surface area contributed by atoms with Crippen molar-refractivity contribution in [2.24, 2.45) is 4.99 Å². The molecule has 1 aliphatic rings. The molecule has 0 saturated carbocycles. The van der Waals surface area contributed by atoms with Crippen molar-refractivity contribution >= 4 is 23.8 Å². The summed E-state index contributed by atoms with van der Waals surface area (Å²) < 4.78 is 15.7. The topological polar surface area (TPSA) is 121 Å². The van der Waals surface area contributed by atoms with Crippen LogP contribution in [0.5, 0.6) is 5.75 Å². The molecule has 166 valence electrons. The Kier molecular flexibility index (Phi) is 6.53. The van der Waals surface area contributed by atoms with Gasteiger partial charge in [0, 0.05) is 12.1 Å². The lowest BCUT2D eigenvalue weighted by Gasteiger charge is -2.34. The Hall–Kier alpha value is -4.21. The van der Waals surface area contributed by atoms with Crippen molar-refractivity contribution in [3.05, 3.63) is 81.0 Å². The van der Waals surface area contributed by atoms with Gasteiger partial charge in [-0.05, 0) is 31.5 Å². The smallest absolute Gasteiger partial charge is 0.424 e. The van der Waals surface area contributed by atoms with Crippen LogP contribution in [0.2, 0.25) is 0 Å². The fourth-order valence-corrected chi connectivity index (χ4v) is 3.24. The van der Waals surface area contributed by atoms with Gasteiger partial charge in [0.15, 0.2) is 0 Å². The number of benzene rings is 2. The SMILES string of the molecule is COC(=O)C1=C(C)N=C(OC)N(C(=O)Oc2ccc([N+](=O)[O-])cc2)C1c1ccc(C)cc1. The first-order valence-corrected chi connectivity index (χ1v) is 9.50. The normalized spacial score (nSPS) is 15.7. The van der Waals surface area contributed by atoms with Crippen LogP contribution in [0.25, 0.3) is 0 Å². The Morgan fingerprint density at radius 1 is 1.03 bits per heavy atom. The lowest BCUT2D eigenvalue weighted by atomic mass is 9.94. The summed E-state index contributed by atoms with van der Waals surface area (Å²) in [6.45, 7) is 3.53. The van der Waals surface area contributed by atoms with Gasteiger partial charge in [-0.25, -0.2) is 19.5 Å². The molecule has 2 aromatic rings. The summed E-state index contributed by atoms with van der Waals surface area (Å²) in [7, 11) is 2.58. The fraction of sp³-hybridized carbons (Fsp3) is 0.227. The van der Waals surface area contributed by atoms with E-state index in [1.54, 1.807) is 19.1 Å². The third-order valence-electron chi connectivity index (χ3n) is 4.82. The molecule has 1 amide bonds. The van der Waals surface area contributed by atoms with Crippen LogP contribution in [0.4, 0.5) is 10.5 Å². The molecule has 1 atom stereocenters. The number of ether oxygens (including phenoxy) is 3. The molecule has 0 aromatic heterocycles. The molecule has 0 N–H and O–H groups in total. The molecule has 2 aromatic carbocycles. The Morgan fingerprint density at radius 2 is 1.66 bits per heavy atom. The van der Waals surface area contributed by atoms with E-state index >= 15 is 0 Å². The number of nitrogens with zero attached hydrogens (tertiary/aromatic N) is 3. The maximum Gasteiger partial charge on any atom is 0.424 e. The molecule has 1 unspecified atom stereocenters. The Morgan fingerprint density at radius 3 is 2.19 bits per heavy atom. The number of hydrogen-bond donors (Lipinski definition) is 0. The minimum Gasteiger partial charge on any atom is -0.468 e. The summed E-state index contributed by atoms with van der Waals surface area (Å²) >= 11 is 0. The summed E-state index contributed by atoms with van der Waals surface area (Å²) in [5, 5.41) is 10.9. The molecule has 0 spiro atoms. The Labute approximate surface area is 183 Å². The molecule has 0 bridgehead atoms. The summed E-state index contributed by atoms with van der Waals surface area (Å²) in [6, 6.07) is 11.3. The van der Waals surface area contributed by atoms with Gasteiger partial charge in [0.05, 0.1) is 30.4 Å². The van der Waals surface area contributed by atoms with Gasteiger partial charge in [0.1, 0.15) is 11.8 Å². The van der Waals surface area contributed by atoms with Gasteiger partial charge in [-0.2, -0.15) is 0 Å². The first kappa shape index (κ1) is 22.5. The summed E-state index contributed by atoms with van der Waals surface area (Å²) in [6.07, 6.45) is -0.890. The van der Waals surface area contributed by atoms with Crippen molar-refractivity contribution in [1.29, 1.82) is 0 Å². The van der Waals surface area contributed by atoms with Gasteiger partial charge >= 0.3 is 18.1 Å². The number of carbonyl (C=O) groups is 2. The maximum atomic E-state index is 13.2. The monoisotopic (exact) mass is 439 g/mol. The second-order valence-corrected chi connectivity index (χ2v) is 6.89. The molecule has 10 nitrogen and oxygen atoms in total. The quantitative estimate of drug-likeness (QED) is 0.402. The number of rotatable bonds is 4. The number of aliphatic imine (C=N–C) groups is 1. The van der Waals surface area contributed by atoms with Crippen LogP contribution in [0.1, 0.15) is 24.1 Å². The van der Waals surface area contributed by atoms with E-state index in [0.717, 1.165) is 10.5 Å². The number of nitro benzene ring substituents is 1.